The number of carbonyl (C=O) groups is 1. The number of carbonyl (C=O) groups excluding carboxylic acids is 1. The molecule has 0 heterocycles. The van der Waals surface area contributed by atoms with Gasteiger partial charge < -0.3 is 19.7 Å². The first kappa shape index (κ1) is 21.6. The Morgan fingerprint density at radius 1 is 1.28 bits per heavy atom. The van der Waals surface area contributed by atoms with Crippen molar-refractivity contribution in [3.63, 3.8) is 0 Å². The molecule has 1 aromatic rings. The van der Waals surface area contributed by atoms with Crippen molar-refractivity contribution in [1.29, 1.82) is 0 Å². The van der Waals surface area contributed by atoms with E-state index in [-0.39, 0.29) is 16.9 Å². The van der Waals surface area contributed by atoms with E-state index in [1.165, 1.54) is 5.56 Å². The van der Waals surface area contributed by atoms with Gasteiger partial charge >= 0.3 is 7.69 Å². The van der Waals surface area contributed by atoms with Gasteiger partial charge in [0, 0.05) is 24.1 Å². The number of hydrogen-bond donors (Lipinski definition) is 2. The van der Waals surface area contributed by atoms with Crippen molar-refractivity contribution < 1.29 is 19.2 Å². The molecule has 29 heavy (non-hydrogen) atoms. The molecule has 0 aliphatic heterocycles. The predicted octanol–water partition coefficient (Wildman–Crippen LogP) is 3.37. The fourth-order valence-electron chi connectivity index (χ4n) is 4.73. The van der Waals surface area contributed by atoms with E-state index in [1.54, 1.807) is 0 Å². The van der Waals surface area contributed by atoms with Crippen LogP contribution in [0.4, 0.5) is 0 Å². The smallest absolute Gasteiger partial charge is 0.429 e. The molecule has 1 aromatic carbocycles. The molecule has 8 nitrogen and oxygen atoms in total. The molecule has 3 fully saturated rings. The van der Waals surface area contributed by atoms with Crippen molar-refractivity contribution in [3.05, 3.63) is 45.8 Å². The monoisotopic (exact) mass is 399 g/mol. The van der Waals surface area contributed by atoms with Gasteiger partial charge in [-0.2, -0.15) is 0 Å². The third-order valence-corrected chi connectivity index (χ3v) is 6.67. The standard InChI is InChI=1S/C20H28BN4O4/c1-28-20-11-8-19(9-12-20,10-13-20)16-6-4-15(5-7-16)18(26)24-17(29-21-27)3-2-14-23-25-22/h4-7,17,27H,2-3,8-14H2,1H3,(H,24,26)/t17-,19?,20?/m1/s1. The summed E-state index contributed by atoms with van der Waals surface area (Å²) in [7, 11) is 2.39. The van der Waals surface area contributed by atoms with Crippen LogP contribution in [0.1, 0.15) is 67.3 Å². The van der Waals surface area contributed by atoms with Gasteiger partial charge in [0.1, 0.15) is 6.23 Å². The van der Waals surface area contributed by atoms with Gasteiger partial charge in [-0.1, -0.05) is 17.2 Å². The zero-order valence-corrected chi connectivity index (χ0v) is 16.8. The fraction of sp³-hybridized carbons (Fsp3) is 0.650. The van der Waals surface area contributed by atoms with E-state index in [0.717, 1.165) is 38.5 Å². The molecule has 1 atom stereocenters. The van der Waals surface area contributed by atoms with Gasteiger partial charge in [-0.25, -0.2) is 0 Å². The zero-order chi connectivity index (χ0) is 20.7. The van der Waals surface area contributed by atoms with Crippen LogP contribution in [-0.4, -0.2) is 44.1 Å². The average molecular weight is 399 g/mol. The highest BCUT2D eigenvalue weighted by molar-refractivity contribution is 6.16. The number of hydrogen-bond acceptors (Lipinski definition) is 5. The second kappa shape index (κ2) is 9.63. The molecule has 1 amide bonds. The molecule has 9 heteroatoms. The summed E-state index contributed by atoms with van der Waals surface area (Å²) >= 11 is 0. The highest BCUT2D eigenvalue weighted by Gasteiger charge is 2.49. The summed E-state index contributed by atoms with van der Waals surface area (Å²) in [5.41, 5.74) is 10.4. The summed E-state index contributed by atoms with van der Waals surface area (Å²) in [6.45, 7) is 0.304. The molecule has 0 spiro atoms. The average Bonchev–Trinajstić information content (AvgIpc) is 2.78. The number of nitrogens with one attached hydrogen (secondary N) is 1. The van der Waals surface area contributed by atoms with Crippen LogP contribution >= 0.6 is 0 Å². The molecule has 2 N–H and O–H groups in total. The van der Waals surface area contributed by atoms with E-state index in [9.17, 15) is 4.79 Å². The maximum Gasteiger partial charge on any atom is 0.486 e. The Bertz CT molecular complexity index is 727. The van der Waals surface area contributed by atoms with Crippen molar-refractivity contribution in [2.24, 2.45) is 5.11 Å². The minimum atomic E-state index is -0.682. The van der Waals surface area contributed by atoms with Crippen LogP contribution in [0.15, 0.2) is 29.4 Å². The van der Waals surface area contributed by atoms with Crippen LogP contribution in [0.5, 0.6) is 0 Å². The van der Waals surface area contributed by atoms with Gasteiger partial charge in [0.25, 0.3) is 5.91 Å². The lowest BCUT2D eigenvalue weighted by molar-refractivity contribution is -0.0955. The van der Waals surface area contributed by atoms with E-state index in [0.29, 0.717) is 32.6 Å². The van der Waals surface area contributed by atoms with Crippen LogP contribution in [0.3, 0.4) is 0 Å². The Hall–Kier alpha value is -2.06. The number of benzene rings is 1. The topological polar surface area (TPSA) is 117 Å². The number of methoxy groups -OCH3 is 1. The number of fused-ring (bicyclic) bond motifs is 3. The van der Waals surface area contributed by atoms with Crippen molar-refractivity contribution in [2.45, 2.75) is 68.6 Å². The second-order valence-electron chi connectivity index (χ2n) is 8.05. The maximum atomic E-state index is 12.6. The summed E-state index contributed by atoms with van der Waals surface area (Å²) in [6, 6.07) is 7.84. The van der Waals surface area contributed by atoms with Crippen LogP contribution in [0.2, 0.25) is 0 Å². The van der Waals surface area contributed by atoms with Crippen LogP contribution in [-0.2, 0) is 14.8 Å². The first-order chi connectivity index (χ1) is 14.1. The number of ether oxygens (including phenoxy) is 1. The minimum absolute atomic E-state index is 0.0822. The Labute approximate surface area is 171 Å². The molecule has 0 saturated heterocycles. The molecule has 2 bridgehead atoms. The molecular formula is C20H28BN4O4. The molecule has 3 saturated carbocycles. The Morgan fingerprint density at radius 2 is 1.93 bits per heavy atom. The normalized spacial score (nSPS) is 26.4. The highest BCUT2D eigenvalue weighted by atomic mass is 16.5. The SMILES string of the molecule is COC12CCC(c3ccc(C(=O)N[C@@H](CCCN=[N+]=[N-])O[B]O)cc3)(CC1)CC2. The fourth-order valence-corrected chi connectivity index (χ4v) is 4.73. The van der Waals surface area contributed by atoms with Gasteiger partial charge in [-0.15, -0.1) is 0 Å². The van der Waals surface area contributed by atoms with Gasteiger partial charge in [0.2, 0.25) is 0 Å². The van der Waals surface area contributed by atoms with Crippen molar-refractivity contribution in [1.82, 2.24) is 5.32 Å². The van der Waals surface area contributed by atoms with Gasteiger partial charge in [0.15, 0.2) is 0 Å². The van der Waals surface area contributed by atoms with E-state index in [4.69, 9.17) is 19.9 Å². The largest absolute Gasteiger partial charge is 0.486 e. The predicted molar refractivity (Wildman–Crippen MR) is 109 cm³/mol. The van der Waals surface area contributed by atoms with Crippen LogP contribution in [0.25, 0.3) is 10.4 Å². The molecule has 0 unspecified atom stereocenters. The molecule has 155 valence electrons. The lowest BCUT2D eigenvalue weighted by Gasteiger charge is -2.53. The Kier molecular flexibility index (Phi) is 7.19. The first-order valence-corrected chi connectivity index (χ1v) is 10.2. The summed E-state index contributed by atoms with van der Waals surface area (Å²) in [5.74, 6) is -0.268. The van der Waals surface area contributed by atoms with Crippen molar-refractivity contribution >= 4 is 13.6 Å². The second-order valence-corrected chi connectivity index (χ2v) is 8.05. The molecule has 1 radical (unpaired) electrons. The first-order valence-electron chi connectivity index (χ1n) is 10.2. The minimum Gasteiger partial charge on any atom is -0.429 e. The molecule has 3 aliphatic carbocycles. The number of nitrogens with zero attached hydrogens (tertiary/aromatic N) is 3. The lowest BCUT2D eigenvalue weighted by atomic mass is 9.56. The number of amides is 1. The van der Waals surface area contributed by atoms with E-state index >= 15 is 0 Å². The Morgan fingerprint density at radius 3 is 2.48 bits per heavy atom. The third kappa shape index (κ3) is 4.93. The molecule has 4 rings (SSSR count). The maximum absolute atomic E-state index is 12.6. The van der Waals surface area contributed by atoms with E-state index in [2.05, 4.69) is 27.5 Å². The zero-order valence-electron chi connectivity index (χ0n) is 16.8. The summed E-state index contributed by atoms with van der Waals surface area (Å²) in [4.78, 5) is 15.2. The van der Waals surface area contributed by atoms with Gasteiger partial charge in [-0.3, -0.25) is 4.79 Å². The summed E-state index contributed by atoms with van der Waals surface area (Å²) in [5, 5.41) is 15.1. The lowest BCUT2D eigenvalue weighted by Crippen LogP contribution is -2.49. The van der Waals surface area contributed by atoms with E-state index < -0.39 is 6.23 Å². The number of rotatable bonds is 10. The highest BCUT2D eigenvalue weighted by Crippen LogP contribution is 2.54. The van der Waals surface area contributed by atoms with Gasteiger partial charge in [0.05, 0.1) is 5.60 Å². The van der Waals surface area contributed by atoms with Crippen molar-refractivity contribution in [2.75, 3.05) is 13.7 Å². The molecule has 3 aliphatic rings. The van der Waals surface area contributed by atoms with Crippen molar-refractivity contribution in [3.8, 4) is 0 Å². The molecule has 0 aromatic heterocycles. The van der Waals surface area contributed by atoms with E-state index in [1.807, 2.05) is 19.2 Å². The third-order valence-electron chi connectivity index (χ3n) is 6.67. The summed E-state index contributed by atoms with van der Waals surface area (Å²) in [6.07, 6.45) is 6.93. The van der Waals surface area contributed by atoms with Gasteiger partial charge in [-0.05, 0) is 80.0 Å². The summed E-state index contributed by atoms with van der Waals surface area (Å²) < 4.78 is 10.8. The van der Waals surface area contributed by atoms with Crippen LogP contribution in [0, 0.1) is 0 Å². The number of azide groups is 1. The van der Waals surface area contributed by atoms with Crippen LogP contribution < -0.4 is 5.32 Å². The Balaban J connectivity index is 1.60. The quantitative estimate of drug-likeness (QED) is 0.157. The molecular weight excluding hydrogens is 371 g/mol.